The minimum Gasteiger partial charge on any atom is -0.300 e. The normalized spacial score (nSPS) is 11.9. The highest BCUT2D eigenvalue weighted by molar-refractivity contribution is 5.78. The van der Waals surface area contributed by atoms with Crippen LogP contribution in [0.5, 0.6) is 0 Å². The maximum Gasteiger partial charge on any atom is 0.132 e. The molecule has 20 heavy (non-hydrogen) atoms. The number of rotatable bonds is 10. The van der Waals surface area contributed by atoms with Gasteiger partial charge >= 0.3 is 0 Å². The van der Waals surface area contributed by atoms with Crippen molar-refractivity contribution in [3.05, 3.63) is 22.3 Å². The molecule has 1 aromatic heterocycles. The van der Waals surface area contributed by atoms with Gasteiger partial charge in [-0.3, -0.25) is 4.79 Å². The second-order valence-corrected chi connectivity index (χ2v) is 4.96. The molecule has 110 valence electrons. The van der Waals surface area contributed by atoms with Crippen molar-refractivity contribution >= 4 is 5.78 Å². The first-order chi connectivity index (χ1) is 9.67. The Hall–Kier alpha value is -1.88. The van der Waals surface area contributed by atoms with Crippen LogP contribution in [0, 0.1) is 5.92 Å². The number of hydrogen-bond acceptors (Lipinski definition) is 4. The van der Waals surface area contributed by atoms with Gasteiger partial charge in [-0.25, -0.2) is 4.68 Å². The Morgan fingerprint density at radius 1 is 1.50 bits per heavy atom. The first-order valence-corrected chi connectivity index (χ1v) is 7.07. The van der Waals surface area contributed by atoms with Crippen LogP contribution >= 0.6 is 0 Å². The first kappa shape index (κ1) is 16.2. The molecular weight excluding hydrogens is 256 g/mol. The van der Waals surface area contributed by atoms with Crippen LogP contribution in [0.4, 0.5) is 0 Å². The molecule has 1 unspecified atom stereocenters. The van der Waals surface area contributed by atoms with E-state index in [0.717, 1.165) is 31.4 Å². The molecular formula is C13H22N6O. The van der Waals surface area contributed by atoms with E-state index in [9.17, 15) is 4.79 Å². The van der Waals surface area contributed by atoms with Gasteiger partial charge in [0.05, 0.1) is 5.69 Å². The van der Waals surface area contributed by atoms with E-state index in [1.54, 1.807) is 13.1 Å². The van der Waals surface area contributed by atoms with E-state index >= 15 is 0 Å². The van der Waals surface area contributed by atoms with Gasteiger partial charge in [-0.05, 0) is 31.7 Å². The Bertz CT molecular complexity index is 463. The van der Waals surface area contributed by atoms with Crippen LogP contribution in [0.1, 0.15) is 51.6 Å². The second kappa shape index (κ2) is 9.09. The lowest BCUT2D eigenvalue weighted by atomic mass is 9.92. The highest BCUT2D eigenvalue weighted by Gasteiger charge is 2.14. The summed E-state index contributed by atoms with van der Waals surface area (Å²) in [7, 11) is 0. The Labute approximate surface area is 119 Å². The third-order valence-corrected chi connectivity index (χ3v) is 3.34. The summed E-state index contributed by atoms with van der Waals surface area (Å²) in [6, 6.07) is 0. The summed E-state index contributed by atoms with van der Waals surface area (Å²) >= 11 is 0. The van der Waals surface area contributed by atoms with Crippen molar-refractivity contribution in [1.82, 2.24) is 15.0 Å². The number of nitrogens with zero attached hydrogens (tertiary/aromatic N) is 6. The molecule has 0 aliphatic rings. The highest BCUT2D eigenvalue weighted by Crippen LogP contribution is 2.17. The first-order valence-electron chi connectivity index (χ1n) is 7.07. The van der Waals surface area contributed by atoms with Crippen molar-refractivity contribution < 1.29 is 4.79 Å². The zero-order valence-electron chi connectivity index (χ0n) is 12.2. The van der Waals surface area contributed by atoms with Gasteiger partial charge in [0, 0.05) is 17.0 Å². The molecule has 1 aromatic rings. The van der Waals surface area contributed by atoms with Gasteiger partial charge in [0.15, 0.2) is 0 Å². The topological polar surface area (TPSA) is 96.5 Å². The van der Waals surface area contributed by atoms with Crippen molar-refractivity contribution in [3.63, 3.8) is 0 Å². The summed E-state index contributed by atoms with van der Waals surface area (Å²) in [6.07, 6.45) is 7.69. The fraction of sp³-hybridized carbons (Fsp3) is 0.769. The number of Topliss-reactive ketones (excluding diaryl/α,β-unsaturated/α-hetero) is 1. The number of carbonyl (C=O) groups is 1. The third-order valence-electron chi connectivity index (χ3n) is 3.34. The second-order valence-electron chi connectivity index (χ2n) is 4.96. The molecule has 0 saturated heterocycles. The average Bonchev–Trinajstić information content (AvgIpc) is 2.88. The van der Waals surface area contributed by atoms with Crippen LogP contribution in [0.15, 0.2) is 11.3 Å². The van der Waals surface area contributed by atoms with E-state index in [2.05, 4.69) is 27.3 Å². The number of carbonyl (C=O) groups excluding carboxylic acids is 1. The highest BCUT2D eigenvalue weighted by atomic mass is 16.1. The van der Waals surface area contributed by atoms with Gasteiger partial charge in [-0.1, -0.05) is 36.5 Å². The van der Waals surface area contributed by atoms with E-state index in [0.29, 0.717) is 0 Å². The van der Waals surface area contributed by atoms with Crippen LogP contribution in [-0.2, 0) is 17.9 Å². The number of ketones is 1. The summed E-state index contributed by atoms with van der Waals surface area (Å²) in [5, 5.41) is 11.3. The Morgan fingerprint density at radius 2 is 2.30 bits per heavy atom. The van der Waals surface area contributed by atoms with Gasteiger partial charge in [-0.2, -0.15) is 0 Å². The molecule has 0 saturated carbocycles. The summed E-state index contributed by atoms with van der Waals surface area (Å²) in [5.41, 5.74) is 9.07. The lowest BCUT2D eigenvalue weighted by Crippen LogP contribution is -2.12. The predicted octanol–water partition coefficient (Wildman–Crippen LogP) is 3.26. The van der Waals surface area contributed by atoms with E-state index in [1.807, 2.05) is 0 Å². The summed E-state index contributed by atoms with van der Waals surface area (Å²) in [6.45, 7) is 3.97. The molecule has 0 N–H and O–H groups in total. The maximum absolute atomic E-state index is 11.6. The summed E-state index contributed by atoms with van der Waals surface area (Å²) < 4.78 is 1.49. The minimum absolute atomic E-state index is 0.115. The van der Waals surface area contributed by atoms with Crippen LogP contribution in [-0.4, -0.2) is 20.8 Å². The van der Waals surface area contributed by atoms with Crippen LogP contribution < -0.4 is 0 Å². The van der Waals surface area contributed by atoms with Crippen molar-refractivity contribution in [2.45, 2.75) is 59.0 Å². The quantitative estimate of drug-likeness (QED) is 0.284. The van der Waals surface area contributed by atoms with Gasteiger partial charge in [0.1, 0.15) is 12.5 Å². The molecule has 0 spiro atoms. The zero-order valence-corrected chi connectivity index (χ0v) is 12.2. The Morgan fingerprint density at radius 3 is 2.95 bits per heavy atom. The number of hydrogen-bond donors (Lipinski definition) is 0. The number of aromatic nitrogens is 3. The summed E-state index contributed by atoms with van der Waals surface area (Å²) in [4.78, 5) is 14.3. The van der Waals surface area contributed by atoms with Gasteiger partial charge in [0.25, 0.3) is 0 Å². The van der Waals surface area contributed by atoms with Gasteiger partial charge in [0.2, 0.25) is 0 Å². The van der Waals surface area contributed by atoms with Crippen LogP contribution in [0.2, 0.25) is 0 Å². The number of azide groups is 1. The third kappa shape index (κ3) is 5.84. The minimum atomic E-state index is 0.115. The molecule has 0 bridgehead atoms. The lowest BCUT2D eigenvalue weighted by molar-refractivity contribution is -0.121. The Balaban J connectivity index is 2.43. The molecule has 0 amide bonds. The molecule has 1 atom stereocenters. The fourth-order valence-electron chi connectivity index (χ4n) is 2.13. The SMILES string of the molecule is CCCCCC(CCc1cn(CN=[N+]=[N-])nn1)C(C)=O. The molecule has 7 nitrogen and oxygen atoms in total. The van der Waals surface area contributed by atoms with Crippen molar-refractivity contribution in [2.24, 2.45) is 11.0 Å². The zero-order chi connectivity index (χ0) is 14.8. The van der Waals surface area contributed by atoms with E-state index in [1.165, 1.54) is 17.5 Å². The smallest absolute Gasteiger partial charge is 0.132 e. The molecule has 7 heteroatoms. The summed E-state index contributed by atoms with van der Waals surface area (Å²) in [5.74, 6) is 0.367. The molecule has 1 rings (SSSR count). The lowest BCUT2D eigenvalue weighted by Gasteiger charge is -2.12. The van der Waals surface area contributed by atoms with Crippen molar-refractivity contribution in [2.75, 3.05) is 0 Å². The molecule has 0 radical (unpaired) electrons. The van der Waals surface area contributed by atoms with E-state index < -0.39 is 0 Å². The predicted molar refractivity (Wildman–Crippen MR) is 75.8 cm³/mol. The van der Waals surface area contributed by atoms with Gasteiger partial charge in [-0.15, -0.1) is 5.10 Å². The van der Waals surface area contributed by atoms with Crippen LogP contribution in [0.3, 0.4) is 0 Å². The molecule has 1 heterocycles. The van der Waals surface area contributed by atoms with Crippen LogP contribution in [0.25, 0.3) is 10.4 Å². The average molecular weight is 278 g/mol. The van der Waals surface area contributed by atoms with E-state index in [4.69, 9.17) is 5.53 Å². The molecule has 0 aliphatic heterocycles. The van der Waals surface area contributed by atoms with Gasteiger partial charge < -0.3 is 0 Å². The Kier molecular flexibility index (Phi) is 7.35. The molecule has 0 aromatic carbocycles. The molecule has 0 aliphatic carbocycles. The standard InChI is InChI=1S/C13H22N6O/c1-3-4-5-6-12(11(2)20)7-8-13-9-19(18-16-13)10-15-17-14/h9,12H,3-8,10H2,1-2H3. The molecule has 0 fully saturated rings. The van der Waals surface area contributed by atoms with E-state index in [-0.39, 0.29) is 18.4 Å². The maximum atomic E-state index is 11.6. The van der Waals surface area contributed by atoms with Crippen molar-refractivity contribution in [3.8, 4) is 0 Å². The van der Waals surface area contributed by atoms with Crippen molar-refractivity contribution in [1.29, 1.82) is 0 Å². The monoisotopic (exact) mass is 278 g/mol. The largest absolute Gasteiger partial charge is 0.300 e. The number of aryl methyl sites for hydroxylation is 1. The number of unbranched alkanes of at least 4 members (excludes halogenated alkanes) is 2. The fourth-order valence-corrected chi connectivity index (χ4v) is 2.13.